The maximum absolute atomic E-state index is 13.1. The number of benzene rings is 2. The molecule has 0 saturated carbocycles. The SMILES string of the molecule is Cc1nnc(N2CCN(C(=O)N(C)C)CC2)c2ccc(C(=O)N(C)Cc3ccccc3)cc12. The number of carbonyl (C=O) groups is 2. The van der Waals surface area contributed by atoms with Gasteiger partial charge in [-0.25, -0.2) is 4.79 Å². The number of rotatable bonds is 4. The van der Waals surface area contributed by atoms with Gasteiger partial charge in [-0.2, -0.15) is 5.10 Å². The highest BCUT2D eigenvalue weighted by Gasteiger charge is 2.25. The summed E-state index contributed by atoms with van der Waals surface area (Å²) in [5.74, 6) is 0.763. The first kappa shape index (κ1) is 22.5. The van der Waals surface area contributed by atoms with Gasteiger partial charge >= 0.3 is 6.03 Å². The fourth-order valence-electron chi connectivity index (χ4n) is 4.18. The van der Waals surface area contributed by atoms with Crippen LogP contribution >= 0.6 is 0 Å². The van der Waals surface area contributed by atoms with E-state index in [0.717, 1.165) is 27.8 Å². The minimum atomic E-state index is -0.0330. The van der Waals surface area contributed by atoms with Crippen LogP contribution in [0.4, 0.5) is 10.6 Å². The number of urea groups is 1. The van der Waals surface area contributed by atoms with Crippen molar-refractivity contribution >= 4 is 28.5 Å². The number of hydrogen-bond acceptors (Lipinski definition) is 5. The maximum atomic E-state index is 13.1. The van der Waals surface area contributed by atoms with E-state index < -0.39 is 0 Å². The number of aromatic nitrogens is 2. The van der Waals surface area contributed by atoms with Crippen molar-refractivity contribution in [3.63, 3.8) is 0 Å². The third-order valence-corrected chi connectivity index (χ3v) is 6.03. The minimum absolute atomic E-state index is 0.0253. The Kier molecular flexibility index (Phi) is 6.44. The first-order valence-electron chi connectivity index (χ1n) is 11.1. The van der Waals surface area contributed by atoms with Crippen LogP contribution in [0.1, 0.15) is 21.6 Å². The lowest BCUT2D eigenvalue weighted by molar-refractivity contribution is 0.0785. The number of nitrogens with zero attached hydrogens (tertiary/aromatic N) is 6. The average Bonchev–Trinajstić information content (AvgIpc) is 2.84. The first-order valence-corrected chi connectivity index (χ1v) is 11.1. The molecule has 8 nitrogen and oxygen atoms in total. The molecule has 0 unspecified atom stereocenters. The molecule has 1 aromatic heterocycles. The largest absolute Gasteiger partial charge is 0.351 e. The van der Waals surface area contributed by atoms with Crippen LogP contribution in [0.15, 0.2) is 48.5 Å². The number of aryl methyl sites for hydroxylation is 1. The number of amides is 3. The van der Waals surface area contributed by atoms with E-state index in [9.17, 15) is 9.59 Å². The second-order valence-electron chi connectivity index (χ2n) is 8.67. The van der Waals surface area contributed by atoms with E-state index in [1.165, 1.54) is 0 Å². The summed E-state index contributed by atoms with van der Waals surface area (Å²) in [6.07, 6.45) is 0. The Labute approximate surface area is 194 Å². The molecule has 0 bridgehead atoms. The number of piperazine rings is 1. The molecule has 33 heavy (non-hydrogen) atoms. The molecular formula is C25H30N6O2. The Hall–Kier alpha value is -3.68. The normalized spacial score (nSPS) is 13.8. The molecule has 0 atom stereocenters. The molecule has 4 rings (SSSR count). The molecule has 3 amide bonds. The molecule has 1 fully saturated rings. The van der Waals surface area contributed by atoms with Crippen molar-refractivity contribution in [2.45, 2.75) is 13.5 Å². The Morgan fingerprint density at radius 2 is 1.61 bits per heavy atom. The van der Waals surface area contributed by atoms with Crippen LogP contribution in [0, 0.1) is 6.92 Å². The molecule has 2 heterocycles. The summed E-state index contributed by atoms with van der Waals surface area (Å²) in [6.45, 7) is 5.10. The van der Waals surface area contributed by atoms with E-state index in [4.69, 9.17) is 0 Å². The minimum Gasteiger partial charge on any atom is -0.351 e. The molecule has 1 aliphatic heterocycles. The molecular weight excluding hydrogens is 416 g/mol. The molecule has 2 aromatic carbocycles. The Morgan fingerprint density at radius 3 is 2.27 bits per heavy atom. The van der Waals surface area contributed by atoms with E-state index in [1.807, 2.05) is 67.4 Å². The van der Waals surface area contributed by atoms with Crippen molar-refractivity contribution in [1.29, 1.82) is 0 Å². The van der Waals surface area contributed by atoms with E-state index >= 15 is 0 Å². The van der Waals surface area contributed by atoms with E-state index in [-0.39, 0.29) is 11.9 Å². The molecule has 1 aliphatic rings. The van der Waals surface area contributed by atoms with Crippen molar-refractivity contribution in [2.75, 3.05) is 52.2 Å². The topological polar surface area (TPSA) is 72.9 Å². The zero-order chi connectivity index (χ0) is 23.5. The number of hydrogen-bond donors (Lipinski definition) is 0. The summed E-state index contributed by atoms with van der Waals surface area (Å²) in [5, 5.41) is 10.7. The highest BCUT2D eigenvalue weighted by Crippen LogP contribution is 2.28. The van der Waals surface area contributed by atoms with Gasteiger partial charge < -0.3 is 19.6 Å². The van der Waals surface area contributed by atoms with Crippen molar-refractivity contribution < 1.29 is 9.59 Å². The van der Waals surface area contributed by atoms with Gasteiger partial charge in [0.15, 0.2) is 5.82 Å². The van der Waals surface area contributed by atoms with Crippen LogP contribution in [0.25, 0.3) is 10.8 Å². The highest BCUT2D eigenvalue weighted by atomic mass is 16.2. The van der Waals surface area contributed by atoms with Crippen molar-refractivity contribution in [1.82, 2.24) is 24.9 Å². The third kappa shape index (κ3) is 4.74. The summed E-state index contributed by atoms with van der Waals surface area (Å²) in [6, 6.07) is 15.7. The zero-order valence-corrected chi connectivity index (χ0v) is 19.7. The first-order chi connectivity index (χ1) is 15.8. The van der Waals surface area contributed by atoms with Crippen molar-refractivity contribution in [3.05, 3.63) is 65.4 Å². The van der Waals surface area contributed by atoms with E-state index in [0.29, 0.717) is 38.3 Å². The Balaban J connectivity index is 1.55. The lowest BCUT2D eigenvalue weighted by atomic mass is 10.1. The van der Waals surface area contributed by atoms with Gasteiger partial charge in [0.1, 0.15) is 0 Å². The second kappa shape index (κ2) is 9.44. The lowest BCUT2D eigenvalue weighted by Crippen LogP contribution is -2.51. The fraction of sp³-hybridized carbons (Fsp3) is 0.360. The van der Waals surface area contributed by atoms with Crippen molar-refractivity contribution in [3.8, 4) is 0 Å². The van der Waals surface area contributed by atoms with E-state index in [2.05, 4.69) is 15.1 Å². The van der Waals surface area contributed by atoms with Gasteiger partial charge in [-0.05, 0) is 30.7 Å². The van der Waals surface area contributed by atoms with Gasteiger partial charge in [-0.3, -0.25) is 4.79 Å². The van der Waals surface area contributed by atoms with Gasteiger partial charge in [-0.15, -0.1) is 5.10 Å². The van der Waals surface area contributed by atoms with Crippen LogP contribution in [0.5, 0.6) is 0 Å². The van der Waals surface area contributed by atoms with Gasteiger partial charge in [0.25, 0.3) is 5.91 Å². The van der Waals surface area contributed by atoms with Gasteiger partial charge in [0, 0.05) is 70.2 Å². The number of anilines is 1. The molecule has 0 spiro atoms. The van der Waals surface area contributed by atoms with Gasteiger partial charge in [0.05, 0.1) is 5.69 Å². The second-order valence-corrected chi connectivity index (χ2v) is 8.67. The van der Waals surface area contributed by atoms with Crippen LogP contribution in [0.3, 0.4) is 0 Å². The maximum Gasteiger partial charge on any atom is 0.319 e. The summed E-state index contributed by atoms with van der Waals surface area (Å²) < 4.78 is 0. The van der Waals surface area contributed by atoms with Gasteiger partial charge in [0.2, 0.25) is 0 Å². The highest BCUT2D eigenvalue weighted by molar-refractivity contribution is 6.01. The molecule has 0 aliphatic carbocycles. The van der Waals surface area contributed by atoms with Crippen LogP contribution in [0.2, 0.25) is 0 Å². The zero-order valence-electron chi connectivity index (χ0n) is 19.7. The van der Waals surface area contributed by atoms with Crippen LogP contribution in [-0.2, 0) is 6.54 Å². The molecule has 3 aromatic rings. The lowest BCUT2D eigenvalue weighted by Gasteiger charge is -2.36. The smallest absolute Gasteiger partial charge is 0.319 e. The predicted octanol–water partition coefficient (Wildman–Crippen LogP) is 3.01. The summed E-state index contributed by atoms with van der Waals surface area (Å²) in [4.78, 5) is 32.7. The molecule has 0 N–H and O–H groups in total. The average molecular weight is 447 g/mol. The molecule has 8 heteroatoms. The Morgan fingerprint density at radius 1 is 0.909 bits per heavy atom. The molecule has 1 saturated heterocycles. The van der Waals surface area contributed by atoms with E-state index in [1.54, 1.807) is 23.9 Å². The third-order valence-electron chi connectivity index (χ3n) is 6.03. The molecule has 0 radical (unpaired) electrons. The summed E-state index contributed by atoms with van der Waals surface area (Å²) in [5.41, 5.74) is 2.50. The quantitative estimate of drug-likeness (QED) is 0.616. The Bertz CT molecular complexity index is 1160. The predicted molar refractivity (Wildman–Crippen MR) is 129 cm³/mol. The monoisotopic (exact) mass is 446 g/mol. The standard InChI is InChI=1S/C25H30N6O2/c1-18-22-16-20(24(32)29(4)17-19-8-6-5-7-9-19)10-11-21(22)23(27-26-18)30-12-14-31(15-13-30)25(33)28(2)3/h5-11,16H,12-15,17H2,1-4H3. The summed E-state index contributed by atoms with van der Waals surface area (Å²) in [7, 11) is 5.35. The van der Waals surface area contributed by atoms with Crippen LogP contribution in [-0.4, -0.2) is 84.2 Å². The summed E-state index contributed by atoms with van der Waals surface area (Å²) >= 11 is 0. The fourth-order valence-corrected chi connectivity index (χ4v) is 4.18. The van der Waals surface area contributed by atoms with Crippen molar-refractivity contribution in [2.24, 2.45) is 0 Å². The van der Waals surface area contributed by atoms with Crippen LogP contribution < -0.4 is 4.90 Å². The molecule has 172 valence electrons. The number of carbonyl (C=O) groups excluding carboxylic acids is 2. The van der Waals surface area contributed by atoms with Gasteiger partial charge in [-0.1, -0.05) is 30.3 Å². The number of fused-ring (bicyclic) bond motifs is 1.